The van der Waals surface area contributed by atoms with Crippen molar-refractivity contribution in [2.45, 2.75) is 13.5 Å². The Morgan fingerprint density at radius 3 is 2.39 bits per heavy atom. The third-order valence-corrected chi connectivity index (χ3v) is 2.63. The monoisotopic (exact) mass is 240 g/mol. The average molecular weight is 240 g/mol. The van der Waals surface area contributed by atoms with Crippen molar-refractivity contribution in [2.24, 2.45) is 0 Å². The van der Waals surface area contributed by atoms with E-state index in [-0.39, 0.29) is 6.54 Å². The highest BCUT2D eigenvalue weighted by atomic mass is 16.2. The molecule has 4 heteroatoms. The fraction of sp³-hybridized carbons (Fsp3) is 0.143. The third-order valence-electron chi connectivity index (χ3n) is 2.63. The first-order chi connectivity index (χ1) is 8.63. The second-order valence-electron chi connectivity index (χ2n) is 3.95. The van der Waals surface area contributed by atoms with Crippen LogP contribution in [0.5, 0.6) is 0 Å². The van der Waals surface area contributed by atoms with Gasteiger partial charge in [-0.2, -0.15) is 0 Å². The molecular weight excluding hydrogens is 228 g/mol. The van der Waals surface area contributed by atoms with Crippen LogP contribution in [0, 0.1) is 19.3 Å². The lowest BCUT2D eigenvalue weighted by molar-refractivity contribution is 0.744. The Morgan fingerprint density at radius 2 is 1.78 bits per heavy atom. The van der Waals surface area contributed by atoms with E-state index in [4.69, 9.17) is 6.42 Å². The Bertz CT molecular complexity index is 715. The summed E-state index contributed by atoms with van der Waals surface area (Å²) < 4.78 is 2.53. The van der Waals surface area contributed by atoms with E-state index in [2.05, 4.69) is 5.92 Å². The van der Waals surface area contributed by atoms with Gasteiger partial charge in [-0.05, 0) is 19.1 Å². The lowest BCUT2D eigenvalue weighted by Crippen LogP contribution is -2.39. The van der Waals surface area contributed by atoms with Crippen LogP contribution in [0.25, 0.3) is 5.69 Å². The maximum absolute atomic E-state index is 11.9. The molecular formula is C14H12N2O2. The van der Waals surface area contributed by atoms with Crippen molar-refractivity contribution >= 4 is 0 Å². The molecule has 0 unspecified atom stereocenters. The predicted octanol–water partition coefficient (Wildman–Crippen LogP) is 0.941. The lowest BCUT2D eigenvalue weighted by Gasteiger charge is -2.07. The summed E-state index contributed by atoms with van der Waals surface area (Å²) >= 11 is 0. The largest absolute Gasteiger partial charge is 0.321 e. The van der Waals surface area contributed by atoms with Gasteiger partial charge in [0.05, 0.1) is 6.54 Å². The SMILES string of the molecule is C#CCn1ccn(-c2ccc(C)cc2)c(=O)c1=O. The number of aromatic nitrogens is 2. The van der Waals surface area contributed by atoms with E-state index in [0.29, 0.717) is 5.69 Å². The van der Waals surface area contributed by atoms with Gasteiger partial charge >= 0.3 is 11.1 Å². The molecule has 0 amide bonds. The van der Waals surface area contributed by atoms with Crippen LogP contribution in [0.3, 0.4) is 0 Å². The molecule has 0 N–H and O–H groups in total. The molecule has 0 spiro atoms. The Kier molecular flexibility index (Phi) is 3.16. The Labute approximate surface area is 104 Å². The van der Waals surface area contributed by atoms with E-state index in [1.807, 2.05) is 19.1 Å². The van der Waals surface area contributed by atoms with Gasteiger partial charge in [-0.15, -0.1) is 6.42 Å². The van der Waals surface area contributed by atoms with Crippen molar-refractivity contribution in [3.05, 3.63) is 62.9 Å². The van der Waals surface area contributed by atoms with Gasteiger partial charge in [-0.3, -0.25) is 18.7 Å². The first-order valence-electron chi connectivity index (χ1n) is 5.46. The Balaban J connectivity index is 2.58. The number of terminal acetylenes is 1. The number of rotatable bonds is 2. The zero-order valence-corrected chi connectivity index (χ0v) is 9.96. The molecule has 1 aromatic heterocycles. The maximum atomic E-state index is 11.9. The van der Waals surface area contributed by atoms with Gasteiger partial charge < -0.3 is 0 Å². The predicted molar refractivity (Wildman–Crippen MR) is 69.9 cm³/mol. The highest BCUT2D eigenvalue weighted by Gasteiger charge is 2.05. The van der Waals surface area contributed by atoms with E-state index in [1.165, 1.54) is 15.3 Å². The van der Waals surface area contributed by atoms with Crippen LogP contribution >= 0.6 is 0 Å². The van der Waals surface area contributed by atoms with Crippen LogP contribution in [-0.4, -0.2) is 9.13 Å². The van der Waals surface area contributed by atoms with Gasteiger partial charge in [0.2, 0.25) is 0 Å². The Hall–Kier alpha value is -2.54. The molecule has 2 aromatic rings. The van der Waals surface area contributed by atoms with Gasteiger partial charge in [-0.25, -0.2) is 0 Å². The summed E-state index contributed by atoms with van der Waals surface area (Å²) in [4.78, 5) is 23.7. The number of benzene rings is 1. The number of nitrogens with zero attached hydrogens (tertiary/aromatic N) is 2. The second-order valence-corrected chi connectivity index (χ2v) is 3.95. The molecule has 0 aliphatic heterocycles. The quantitative estimate of drug-likeness (QED) is 0.579. The highest BCUT2D eigenvalue weighted by molar-refractivity contribution is 5.34. The van der Waals surface area contributed by atoms with Crippen LogP contribution in [0.4, 0.5) is 0 Å². The zero-order valence-electron chi connectivity index (χ0n) is 9.96. The van der Waals surface area contributed by atoms with Crippen molar-refractivity contribution in [1.29, 1.82) is 0 Å². The molecule has 18 heavy (non-hydrogen) atoms. The van der Waals surface area contributed by atoms with E-state index in [1.54, 1.807) is 18.3 Å². The minimum absolute atomic E-state index is 0.100. The first kappa shape index (κ1) is 11.9. The summed E-state index contributed by atoms with van der Waals surface area (Å²) in [6.45, 7) is 2.06. The molecule has 1 heterocycles. The van der Waals surface area contributed by atoms with Crippen molar-refractivity contribution in [3.8, 4) is 18.0 Å². The Morgan fingerprint density at radius 1 is 1.11 bits per heavy atom. The van der Waals surface area contributed by atoms with E-state index in [0.717, 1.165) is 5.56 Å². The lowest BCUT2D eigenvalue weighted by atomic mass is 10.2. The van der Waals surface area contributed by atoms with Crippen molar-refractivity contribution < 1.29 is 0 Å². The molecule has 4 nitrogen and oxygen atoms in total. The molecule has 1 aromatic carbocycles. The molecule has 0 aliphatic carbocycles. The van der Waals surface area contributed by atoms with Crippen molar-refractivity contribution in [3.63, 3.8) is 0 Å². The summed E-state index contributed by atoms with van der Waals surface area (Å²) in [6.07, 6.45) is 8.19. The van der Waals surface area contributed by atoms with Crippen molar-refractivity contribution in [2.75, 3.05) is 0 Å². The number of aryl methyl sites for hydroxylation is 1. The van der Waals surface area contributed by atoms with Crippen molar-refractivity contribution in [1.82, 2.24) is 9.13 Å². The smallest absolute Gasteiger partial charge is 0.298 e. The third kappa shape index (κ3) is 2.11. The normalized spacial score (nSPS) is 10.0. The summed E-state index contributed by atoms with van der Waals surface area (Å²) in [5.74, 6) is 2.33. The van der Waals surface area contributed by atoms with E-state index in [9.17, 15) is 9.59 Å². The standard InChI is InChI=1S/C14H12N2O2/c1-3-8-15-9-10-16(14(18)13(15)17)12-6-4-11(2)5-7-12/h1,4-7,9-10H,8H2,2H3. The molecule has 0 radical (unpaired) electrons. The molecule has 0 saturated carbocycles. The molecule has 0 saturated heterocycles. The molecule has 0 bridgehead atoms. The van der Waals surface area contributed by atoms with Crippen LogP contribution in [0.1, 0.15) is 5.56 Å². The highest BCUT2D eigenvalue weighted by Crippen LogP contribution is 2.05. The van der Waals surface area contributed by atoms with Crippen LogP contribution in [0.15, 0.2) is 46.2 Å². The van der Waals surface area contributed by atoms with Crippen LogP contribution < -0.4 is 11.1 Å². The summed E-state index contributed by atoms with van der Waals surface area (Å²) in [5.41, 5.74) is 0.538. The van der Waals surface area contributed by atoms with Gasteiger partial charge in [0.15, 0.2) is 0 Å². The van der Waals surface area contributed by atoms with Gasteiger partial charge in [-0.1, -0.05) is 23.6 Å². The maximum Gasteiger partial charge on any atom is 0.321 e. The fourth-order valence-corrected chi connectivity index (χ4v) is 1.64. The zero-order chi connectivity index (χ0) is 13.1. The average Bonchev–Trinajstić information content (AvgIpc) is 2.37. The minimum Gasteiger partial charge on any atom is -0.298 e. The number of hydrogen-bond acceptors (Lipinski definition) is 2. The van der Waals surface area contributed by atoms with Gasteiger partial charge in [0, 0.05) is 18.1 Å². The minimum atomic E-state index is -0.615. The summed E-state index contributed by atoms with van der Waals surface area (Å²) in [6, 6.07) is 7.35. The van der Waals surface area contributed by atoms with E-state index < -0.39 is 11.1 Å². The molecule has 90 valence electrons. The van der Waals surface area contributed by atoms with Gasteiger partial charge in [0.25, 0.3) is 0 Å². The number of hydrogen-bond donors (Lipinski definition) is 0. The molecule has 0 atom stereocenters. The van der Waals surface area contributed by atoms with Crippen LogP contribution in [0.2, 0.25) is 0 Å². The first-order valence-corrected chi connectivity index (χ1v) is 5.46. The summed E-state index contributed by atoms with van der Waals surface area (Å²) in [7, 11) is 0. The fourth-order valence-electron chi connectivity index (χ4n) is 1.64. The second kappa shape index (κ2) is 4.76. The van der Waals surface area contributed by atoms with E-state index >= 15 is 0 Å². The summed E-state index contributed by atoms with van der Waals surface area (Å²) in [5, 5.41) is 0. The molecule has 2 rings (SSSR count). The van der Waals surface area contributed by atoms with Crippen LogP contribution in [-0.2, 0) is 6.54 Å². The molecule has 0 fully saturated rings. The molecule has 0 aliphatic rings. The topological polar surface area (TPSA) is 44.0 Å². The van der Waals surface area contributed by atoms with Gasteiger partial charge in [0.1, 0.15) is 0 Å².